The van der Waals surface area contributed by atoms with Crippen molar-refractivity contribution in [1.29, 1.82) is 0 Å². The van der Waals surface area contributed by atoms with Crippen molar-refractivity contribution in [2.24, 2.45) is 0 Å². The number of allylic oxidation sites excluding steroid dienone is 20. The van der Waals surface area contributed by atoms with Crippen LogP contribution in [0.1, 0.15) is 220 Å². The third-order valence-electron chi connectivity index (χ3n) is 10.7. The van der Waals surface area contributed by atoms with Crippen molar-refractivity contribution in [3.63, 3.8) is 0 Å². The number of unbranched alkanes of at least 4 members (excludes halogenated alkanes) is 15. The molecule has 6 heteroatoms. The quantitative estimate of drug-likeness (QED) is 0.0262. The van der Waals surface area contributed by atoms with Crippen LogP contribution in [0, 0.1) is 0 Å². The van der Waals surface area contributed by atoms with Crippen LogP contribution < -0.4 is 0 Å². The number of esters is 3. The van der Waals surface area contributed by atoms with Crippen LogP contribution in [-0.2, 0) is 28.6 Å². The Kier molecular flexibility index (Phi) is 50.0. The van der Waals surface area contributed by atoms with E-state index in [-0.39, 0.29) is 44.0 Å². The highest BCUT2D eigenvalue weighted by molar-refractivity contribution is 5.71. The van der Waals surface area contributed by atoms with E-state index >= 15 is 0 Å². The van der Waals surface area contributed by atoms with Crippen LogP contribution >= 0.6 is 0 Å². The fourth-order valence-electron chi connectivity index (χ4n) is 6.81. The summed E-state index contributed by atoms with van der Waals surface area (Å²) in [4.78, 5) is 38.0. The molecule has 0 N–H and O–H groups in total. The minimum absolute atomic E-state index is 0.116. The highest BCUT2D eigenvalue weighted by Gasteiger charge is 2.19. The standard InChI is InChI=1S/C60H96O6/c1-4-7-10-13-16-19-22-25-27-29-30-31-33-35-38-41-44-47-50-53-59(62)65-56-57(55-64-58(61)52-49-46-43-40-37-34-24-21-18-15-12-9-6-3)66-60(63)54-51-48-45-42-39-36-32-28-26-23-20-17-14-11-8-5-2/h7-8,10-11,16-17,19-20,25-28,30-31,35-36,38-39,44,47,57H,4-6,9,12-15,18,21-24,29,32-34,37,40-43,45-46,48-56H2,1-3H3/b10-7-,11-8-,19-16-,20-17-,27-25-,28-26-,31-30-,38-35-,39-36-,47-44-. The number of ether oxygens (including phenoxy) is 3. The van der Waals surface area contributed by atoms with E-state index in [1.807, 2.05) is 12.2 Å². The monoisotopic (exact) mass is 913 g/mol. The zero-order valence-corrected chi connectivity index (χ0v) is 42.4. The molecule has 372 valence electrons. The predicted molar refractivity (Wildman–Crippen MR) is 283 cm³/mol. The Morgan fingerprint density at radius 1 is 0.318 bits per heavy atom. The molecule has 0 aromatic heterocycles. The summed E-state index contributed by atoms with van der Waals surface area (Å²) < 4.78 is 16.7. The minimum Gasteiger partial charge on any atom is -0.462 e. The van der Waals surface area contributed by atoms with Gasteiger partial charge in [0.1, 0.15) is 13.2 Å². The third kappa shape index (κ3) is 50.8. The summed E-state index contributed by atoms with van der Waals surface area (Å²) in [5.74, 6) is -1.04. The fraction of sp³-hybridized carbons (Fsp3) is 0.617. The Balaban J connectivity index is 4.57. The molecule has 0 heterocycles. The van der Waals surface area contributed by atoms with Crippen LogP contribution in [0.2, 0.25) is 0 Å². The third-order valence-corrected chi connectivity index (χ3v) is 10.7. The lowest BCUT2D eigenvalue weighted by Crippen LogP contribution is -2.30. The van der Waals surface area contributed by atoms with E-state index in [0.717, 1.165) is 103 Å². The van der Waals surface area contributed by atoms with Gasteiger partial charge in [-0.05, 0) is 96.3 Å². The second kappa shape index (κ2) is 53.4. The summed E-state index contributed by atoms with van der Waals surface area (Å²) in [5, 5.41) is 0. The molecule has 1 atom stereocenters. The zero-order chi connectivity index (χ0) is 47.9. The Morgan fingerprint density at radius 2 is 0.621 bits per heavy atom. The Bertz CT molecular complexity index is 1420. The zero-order valence-electron chi connectivity index (χ0n) is 42.4. The van der Waals surface area contributed by atoms with E-state index in [1.54, 1.807) is 0 Å². The van der Waals surface area contributed by atoms with Crippen molar-refractivity contribution in [2.45, 2.75) is 226 Å². The van der Waals surface area contributed by atoms with Crippen molar-refractivity contribution in [2.75, 3.05) is 13.2 Å². The highest BCUT2D eigenvalue weighted by atomic mass is 16.6. The maximum atomic E-state index is 12.8. The van der Waals surface area contributed by atoms with E-state index in [2.05, 4.69) is 130 Å². The minimum atomic E-state index is -0.827. The number of carbonyl (C=O) groups excluding carboxylic acids is 3. The molecule has 1 unspecified atom stereocenters. The smallest absolute Gasteiger partial charge is 0.306 e. The van der Waals surface area contributed by atoms with Gasteiger partial charge < -0.3 is 14.2 Å². The van der Waals surface area contributed by atoms with Crippen molar-refractivity contribution in [1.82, 2.24) is 0 Å². The van der Waals surface area contributed by atoms with Gasteiger partial charge in [-0.25, -0.2) is 0 Å². The van der Waals surface area contributed by atoms with Crippen molar-refractivity contribution in [3.05, 3.63) is 122 Å². The lowest BCUT2D eigenvalue weighted by Gasteiger charge is -2.18. The molecule has 0 spiro atoms. The fourth-order valence-corrected chi connectivity index (χ4v) is 6.81. The number of hydrogen-bond donors (Lipinski definition) is 0. The summed E-state index contributed by atoms with van der Waals surface area (Å²) in [5.41, 5.74) is 0. The number of carbonyl (C=O) groups is 3. The van der Waals surface area contributed by atoms with Gasteiger partial charge in [0.25, 0.3) is 0 Å². The van der Waals surface area contributed by atoms with Gasteiger partial charge in [0.15, 0.2) is 6.10 Å². The van der Waals surface area contributed by atoms with E-state index in [0.29, 0.717) is 19.3 Å². The van der Waals surface area contributed by atoms with Gasteiger partial charge in [0, 0.05) is 19.3 Å². The molecule has 0 aliphatic carbocycles. The first-order valence-corrected chi connectivity index (χ1v) is 26.5. The Labute approximate surface area is 405 Å². The molecule has 0 aromatic rings. The summed E-state index contributed by atoms with van der Waals surface area (Å²) in [6.07, 6.45) is 73.4. The molecule has 0 aliphatic heterocycles. The largest absolute Gasteiger partial charge is 0.462 e. The average molecular weight is 913 g/mol. The maximum absolute atomic E-state index is 12.8. The summed E-state index contributed by atoms with van der Waals surface area (Å²) in [6, 6.07) is 0. The van der Waals surface area contributed by atoms with E-state index in [4.69, 9.17) is 14.2 Å². The molecule has 0 aromatic carbocycles. The normalized spacial score (nSPS) is 13.1. The van der Waals surface area contributed by atoms with Gasteiger partial charge in [-0.1, -0.05) is 226 Å². The van der Waals surface area contributed by atoms with Gasteiger partial charge in [-0.15, -0.1) is 0 Å². The summed E-state index contributed by atoms with van der Waals surface area (Å²) in [6.45, 7) is 6.31. The molecule has 0 saturated heterocycles. The molecule has 0 aliphatic rings. The average Bonchev–Trinajstić information content (AvgIpc) is 3.31. The van der Waals surface area contributed by atoms with Crippen molar-refractivity contribution in [3.8, 4) is 0 Å². The summed E-state index contributed by atoms with van der Waals surface area (Å²) in [7, 11) is 0. The lowest BCUT2D eigenvalue weighted by molar-refractivity contribution is -0.166. The molecule has 0 fully saturated rings. The van der Waals surface area contributed by atoms with E-state index < -0.39 is 6.10 Å². The van der Waals surface area contributed by atoms with Crippen molar-refractivity contribution < 1.29 is 28.6 Å². The Hall–Kier alpha value is -4.19. The Morgan fingerprint density at radius 3 is 1.02 bits per heavy atom. The van der Waals surface area contributed by atoms with Crippen LogP contribution in [0.15, 0.2) is 122 Å². The topological polar surface area (TPSA) is 78.9 Å². The van der Waals surface area contributed by atoms with Crippen LogP contribution in [0.5, 0.6) is 0 Å². The first-order chi connectivity index (χ1) is 32.5. The molecule has 6 nitrogen and oxygen atoms in total. The molecule has 66 heavy (non-hydrogen) atoms. The number of hydrogen-bond acceptors (Lipinski definition) is 6. The molecular weight excluding hydrogens is 817 g/mol. The molecule has 0 bridgehead atoms. The van der Waals surface area contributed by atoms with Gasteiger partial charge in [0.05, 0.1) is 0 Å². The van der Waals surface area contributed by atoms with Gasteiger partial charge >= 0.3 is 17.9 Å². The highest BCUT2D eigenvalue weighted by Crippen LogP contribution is 2.14. The summed E-state index contributed by atoms with van der Waals surface area (Å²) >= 11 is 0. The first-order valence-electron chi connectivity index (χ1n) is 26.5. The van der Waals surface area contributed by atoms with Crippen molar-refractivity contribution >= 4 is 17.9 Å². The van der Waals surface area contributed by atoms with Crippen LogP contribution in [-0.4, -0.2) is 37.2 Å². The van der Waals surface area contributed by atoms with E-state index in [9.17, 15) is 14.4 Å². The van der Waals surface area contributed by atoms with E-state index in [1.165, 1.54) is 64.2 Å². The molecule has 0 rings (SSSR count). The molecule has 0 saturated carbocycles. The second-order valence-corrected chi connectivity index (χ2v) is 17.0. The van der Waals surface area contributed by atoms with Crippen LogP contribution in [0.4, 0.5) is 0 Å². The van der Waals surface area contributed by atoms with Crippen LogP contribution in [0.25, 0.3) is 0 Å². The van der Waals surface area contributed by atoms with Gasteiger partial charge in [-0.3, -0.25) is 14.4 Å². The molecule has 0 amide bonds. The second-order valence-electron chi connectivity index (χ2n) is 17.0. The first kappa shape index (κ1) is 61.8. The number of rotatable bonds is 46. The maximum Gasteiger partial charge on any atom is 0.306 e. The predicted octanol–water partition coefficient (Wildman–Crippen LogP) is 17.7. The van der Waals surface area contributed by atoms with Crippen LogP contribution in [0.3, 0.4) is 0 Å². The molecule has 0 radical (unpaired) electrons. The molecular formula is C60H96O6. The van der Waals surface area contributed by atoms with Gasteiger partial charge in [0.2, 0.25) is 0 Å². The SMILES string of the molecule is CC/C=C\C/C=C\C/C=C\C/C=C\C/C=C\C/C=C\CCC(=O)OCC(COC(=O)CCCCCCCCCCCCCCC)OC(=O)CCCCC/C=C\C/C=C\C/C=C\C/C=C\CC. The van der Waals surface area contributed by atoms with Gasteiger partial charge in [-0.2, -0.15) is 0 Å². The lowest BCUT2D eigenvalue weighted by atomic mass is 10.0.